The summed E-state index contributed by atoms with van der Waals surface area (Å²) in [5, 5.41) is 0. The topological polar surface area (TPSA) is 48.4 Å². The second-order valence-corrected chi connectivity index (χ2v) is 4.00. The highest BCUT2D eigenvalue weighted by molar-refractivity contribution is 5.22. The van der Waals surface area contributed by atoms with Gasteiger partial charge < -0.3 is 14.9 Å². The molecule has 0 aliphatic carbocycles. The van der Waals surface area contributed by atoms with Gasteiger partial charge in [0.1, 0.15) is 29.7 Å². The first-order valence-corrected chi connectivity index (χ1v) is 5.94. The second kappa shape index (κ2) is 6.21. The van der Waals surface area contributed by atoms with Crippen LogP contribution >= 0.6 is 0 Å². The fourth-order valence-corrected chi connectivity index (χ4v) is 1.60. The molecule has 0 aliphatic heterocycles. The van der Waals surface area contributed by atoms with Crippen LogP contribution in [0.15, 0.2) is 40.8 Å². The molecule has 0 radical (unpaired) electrons. The van der Waals surface area contributed by atoms with E-state index >= 15 is 0 Å². The maximum Gasteiger partial charge on any atom is 0.146 e. The van der Waals surface area contributed by atoms with Crippen LogP contribution < -0.4 is 10.5 Å². The normalized spacial score (nSPS) is 10.6. The van der Waals surface area contributed by atoms with E-state index < -0.39 is 0 Å². The van der Waals surface area contributed by atoms with Crippen molar-refractivity contribution >= 4 is 0 Å². The molecule has 2 aromatic rings. The van der Waals surface area contributed by atoms with E-state index in [1.807, 2.05) is 12.1 Å². The van der Waals surface area contributed by atoms with Crippen LogP contribution in [0.1, 0.15) is 17.9 Å². The predicted octanol–water partition coefficient (Wildman–Crippen LogP) is 2.89. The molecule has 18 heavy (non-hydrogen) atoms. The van der Waals surface area contributed by atoms with Crippen LogP contribution in [0.5, 0.6) is 5.75 Å². The van der Waals surface area contributed by atoms with Crippen LogP contribution in [-0.2, 0) is 13.0 Å². The highest BCUT2D eigenvalue weighted by atomic mass is 19.1. The van der Waals surface area contributed by atoms with E-state index in [0.29, 0.717) is 18.9 Å². The number of benzene rings is 1. The number of furan rings is 1. The number of halogens is 1. The van der Waals surface area contributed by atoms with E-state index in [0.717, 1.165) is 24.4 Å². The van der Waals surface area contributed by atoms with Gasteiger partial charge in [-0.05, 0) is 49.4 Å². The Morgan fingerprint density at radius 1 is 1.06 bits per heavy atom. The van der Waals surface area contributed by atoms with Gasteiger partial charge in [-0.3, -0.25) is 0 Å². The van der Waals surface area contributed by atoms with Gasteiger partial charge in [0.05, 0.1) is 0 Å². The third kappa shape index (κ3) is 3.60. The molecule has 2 N–H and O–H groups in total. The van der Waals surface area contributed by atoms with Crippen LogP contribution in [0.4, 0.5) is 4.39 Å². The first kappa shape index (κ1) is 12.6. The van der Waals surface area contributed by atoms with E-state index in [2.05, 4.69) is 0 Å². The number of hydrogen-bond donors (Lipinski definition) is 1. The van der Waals surface area contributed by atoms with Crippen LogP contribution in [0.2, 0.25) is 0 Å². The lowest BCUT2D eigenvalue weighted by Gasteiger charge is -2.03. The van der Waals surface area contributed by atoms with Gasteiger partial charge in [-0.2, -0.15) is 0 Å². The molecule has 3 nitrogen and oxygen atoms in total. The summed E-state index contributed by atoms with van der Waals surface area (Å²) in [5.74, 6) is 2.02. The number of rotatable bonds is 6. The fraction of sp³-hybridized carbons (Fsp3) is 0.286. The van der Waals surface area contributed by atoms with E-state index in [1.54, 1.807) is 12.1 Å². The van der Waals surface area contributed by atoms with Gasteiger partial charge in [0.25, 0.3) is 0 Å². The molecule has 0 saturated heterocycles. The smallest absolute Gasteiger partial charge is 0.146 e. The molecule has 4 heteroatoms. The Morgan fingerprint density at radius 3 is 2.50 bits per heavy atom. The van der Waals surface area contributed by atoms with Crippen LogP contribution in [0, 0.1) is 5.82 Å². The summed E-state index contributed by atoms with van der Waals surface area (Å²) in [7, 11) is 0. The molecular formula is C14H16FNO2. The Balaban J connectivity index is 1.86. The number of aryl methyl sites for hydroxylation is 1. The zero-order chi connectivity index (χ0) is 12.8. The average Bonchev–Trinajstić information content (AvgIpc) is 2.84. The third-order valence-corrected chi connectivity index (χ3v) is 2.54. The van der Waals surface area contributed by atoms with E-state index in [-0.39, 0.29) is 5.82 Å². The lowest BCUT2D eigenvalue weighted by molar-refractivity contribution is 0.265. The molecule has 1 aromatic carbocycles. The number of hydrogen-bond acceptors (Lipinski definition) is 3. The summed E-state index contributed by atoms with van der Waals surface area (Å²) in [6, 6.07) is 9.73. The minimum atomic E-state index is -0.274. The molecule has 96 valence electrons. The van der Waals surface area contributed by atoms with Crippen molar-refractivity contribution in [2.75, 3.05) is 6.54 Å². The highest BCUT2D eigenvalue weighted by Gasteiger charge is 2.03. The summed E-state index contributed by atoms with van der Waals surface area (Å²) in [4.78, 5) is 0. The zero-order valence-electron chi connectivity index (χ0n) is 10.1. The van der Waals surface area contributed by atoms with Crippen molar-refractivity contribution in [2.24, 2.45) is 5.73 Å². The summed E-state index contributed by atoms with van der Waals surface area (Å²) in [6.45, 7) is 0.996. The average molecular weight is 249 g/mol. The van der Waals surface area contributed by atoms with Gasteiger partial charge in [-0.1, -0.05) is 0 Å². The number of ether oxygens (including phenoxy) is 1. The maximum absolute atomic E-state index is 12.7. The van der Waals surface area contributed by atoms with Crippen molar-refractivity contribution in [2.45, 2.75) is 19.4 Å². The van der Waals surface area contributed by atoms with Crippen molar-refractivity contribution in [1.29, 1.82) is 0 Å². The van der Waals surface area contributed by atoms with Gasteiger partial charge in [0.15, 0.2) is 0 Å². The minimum absolute atomic E-state index is 0.274. The van der Waals surface area contributed by atoms with Crippen molar-refractivity contribution in [3.8, 4) is 5.75 Å². The Hall–Kier alpha value is -1.81. The Kier molecular flexibility index (Phi) is 4.36. The lowest BCUT2D eigenvalue weighted by Crippen LogP contribution is -1.99. The third-order valence-electron chi connectivity index (χ3n) is 2.54. The molecule has 0 fully saturated rings. The molecule has 0 amide bonds. The Labute approximate surface area is 105 Å². The van der Waals surface area contributed by atoms with Gasteiger partial charge in [-0.25, -0.2) is 4.39 Å². The quantitative estimate of drug-likeness (QED) is 0.856. The van der Waals surface area contributed by atoms with E-state index in [1.165, 1.54) is 12.1 Å². The summed E-state index contributed by atoms with van der Waals surface area (Å²) in [5.41, 5.74) is 5.43. The molecule has 0 spiro atoms. The first-order chi connectivity index (χ1) is 8.78. The second-order valence-electron chi connectivity index (χ2n) is 4.00. The highest BCUT2D eigenvalue weighted by Crippen LogP contribution is 2.15. The van der Waals surface area contributed by atoms with Gasteiger partial charge >= 0.3 is 0 Å². The number of nitrogens with two attached hydrogens (primary N) is 1. The predicted molar refractivity (Wildman–Crippen MR) is 66.8 cm³/mol. The van der Waals surface area contributed by atoms with Gasteiger partial charge in [0.2, 0.25) is 0 Å². The van der Waals surface area contributed by atoms with Crippen molar-refractivity contribution < 1.29 is 13.5 Å². The summed E-state index contributed by atoms with van der Waals surface area (Å²) in [6.07, 6.45) is 1.75. The zero-order valence-corrected chi connectivity index (χ0v) is 10.1. The summed E-state index contributed by atoms with van der Waals surface area (Å²) >= 11 is 0. The largest absolute Gasteiger partial charge is 0.486 e. The molecule has 2 rings (SSSR count). The van der Waals surface area contributed by atoms with E-state index in [4.69, 9.17) is 14.9 Å². The van der Waals surface area contributed by atoms with Crippen LogP contribution in [-0.4, -0.2) is 6.54 Å². The van der Waals surface area contributed by atoms with Crippen molar-refractivity contribution in [3.05, 3.63) is 53.7 Å². The van der Waals surface area contributed by atoms with Crippen LogP contribution in [0.25, 0.3) is 0 Å². The molecule has 1 heterocycles. The van der Waals surface area contributed by atoms with Gasteiger partial charge in [-0.15, -0.1) is 0 Å². The molecule has 0 atom stereocenters. The fourth-order valence-electron chi connectivity index (χ4n) is 1.60. The van der Waals surface area contributed by atoms with Gasteiger partial charge in [0, 0.05) is 6.42 Å². The Morgan fingerprint density at radius 2 is 1.78 bits per heavy atom. The minimum Gasteiger partial charge on any atom is -0.486 e. The van der Waals surface area contributed by atoms with Crippen molar-refractivity contribution in [1.82, 2.24) is 0 Å². The Bertz CT molecular complexity index is 479. The van der Waals surface area contributed by atoms with Crippen LogP contribution in [0.3, 0.4) is 0 Å². The molecule has 0 saturated carbocycles. The molecule has 0 bridgehead atoms. The molecule has 1 aromatic heterocycles. The van der Waals surface area contributed by atoms with Crippen molar-refractivity contribution in [3.63, 3.8) is 0 Å². The van der Waals surface area contributed by atoms with E-state index in [9.17, 15) is 4.39 Å². The molecule has 0 unspecified atom stereocenters. The molecule has 0 aliphatic rings. The standard InChI is InChI=1S/C14H16FNO2/c15-11-3-5-12(6-4-11)17-10-14-8-7-13(18-14)2-1-9-16/h3-8H,1-2,9-10,16H2. The lowest BCUT2D eigenvalue weighted by atomic mass is 10.2. The monoisotopic (exact) mass is 249 g/mol. The first-order valence-electron chi connectivity index (χ1n) is 5.94. The SMILES string of the molecule is NCCCc1ccc(COc2ccc(F)cc2)o1. The molecular weight excluding hydrogens is 233 g/mol. The maximum atomic E-state index is 12.7. The summed E-state index contributed by atoms with van der Waals surface area (Å²) < 4.78 is 23.7.